The number of nitrogens with one attached hydrogen (secondary N) is 1. The molecule has 0 aliphatic heterocycles. The average Bonchev–Trinajstić information content (AvgIpc) is 2.34. The van der Waals surface area contributed by atoms with Crippen LogP contribution in [0.4, 0.5) is 5.69 Å². The molecule has 0 radical (unpaired) electrons. The van der Waals surface area contributed by atoms with Gasteiger partial charge in [-0.2, -0.15) is 5.26 Å². The number of hydrogen-bond donors (Lipinski definition) is 1. The topological polar surface area (TPSA) is 35.8 Å². The van der Waals surface area contributed by atoms with E-state index in [-0.39, 0.29) is 0 Å². The van der Waals surface area contributed by atoms with Gasteiger partial charge < -0.3 is 5.32 Å². The van der Waals surface area contributed by atoms with Gasteiger partial charge in [0.05, 0.1) is 6.07 Å². The first-order valence-corrected chi connectivity index (χ1v) is 6.87. The minimum Gasteiger partial charge on any atom is -0.367 e. The Balaban J connectivity index is 2.17. The van der Waals surface area contributed by atoms with Crippen LogP contribution >= 0.6 is 11.6 Å². The molecule has 1 N–H and O–H groups in total. The summed E-state index contributed by atoms with van der Waals surface area (Å²) < 4.78 is 0. The Kier molecular flexibility index (Phi) is 3.82. The average molecular weight is 263 g/mol. The maximum absolute atomic E-state index is 9.53. The van der Waals surface area contributed by atoms with Crippen molar-refractivity contribution in [3.63, 3.8) is 0 Å². The molecule has 0 bridgehead atoms. The molecule has 2 rings (SSSR count). The van der Waals surface area contributed by atoms with E-state index in [9.17, 15) is 5.26 Å². The molecule has 1 aliphatic rings. The van der Waals surface area contributed by atoms with Gasteiger partial charge in [-0.1, -0.05) is 31.5 Å². The Morgan fingerprint density at radius 1 is 1.39 bits per heavy atom. The molecule has 0 heterocycles. The van der Waals surface area contributed by atoms with Crippen LogP contribution in [0.3, 0.4) is 0 Å². The molecular formula is C15H19ClN2. The summed E-state index contributed by atoms with van der Waals surface area (Å²) in [6.45, 7) is 4.50. The second kappa shape index (κ2) is 5.20. The fraction of sp³-hybridized carbons (Fsp3) is 0.533. The minimum atomic E-state index is -0.434. The zero-order valence-electron chi connectivity index (χ0n) is 10.9. The van der Waals surface area contributed by atoms with Gasteiger partial charge in [0.25, 0.3) is 0 Å². The zero-order valence-corrected chi connectivity index (χ0v) is 11.7. The first kappa shape index (κ1) is 13.2. The van der Waals surface area contributed by atoms with E-state index in [1.807, 2.05) is 24.3 Å². The predicted molar refractivity (Wildman–Crippen MR) is 75.6 cm³/mol. The van der Waals surface area contributed by atoms with E-state index in [0.717, 1.165) is 24.9 Å². The van der Waals surface area contributed by atoms with Crippen molar-refractivity contribution in [3.05, 3.63) is 29.3 Å². The lowest BCUT2D eigenvalue weighted by Crippen LogP contribution is -2.43. The minimum absolute atomic E-state index is 0.434. The molecule has 3 unspecified atom stereocenters. The van der Waals surface area contributed by atoms with Crippen LogP contribution in [-0.2, 0) is 0 Å². The number of rotatable bonds is 2. The molecule has 1 aromatic rings. The van der Waals surface area contributed by atoms with Crippen LogP contribution in [0.15, 0.2) is 24.3 Å². The summed E-state index contributed by atoms with van der Waals surface area (Å²) in [6.07, 6.45) is 2.90. The van der Waals surface area contributed by atoms with Crippen LogP contribution < -0.4 is 5.32 Å². The molecular weight excluding hydrogens is 244 g/mol. The number of anilines is 1. The van der Waals surface area contributed by atoms with Crippen LogP contribution in [0.5, 0.6) is 0 Å². The molecule has 1 aliphatic carbocycles. The van der Waals surface area contributed by atoms with E-state index in [1.54, 1.807) is 0 Å². The number of benzene rings is 1. The van der Waals surface area contributed by atoms with Gasteiger partial charge in [0.2, 0.25) is 0 Å². The monoisotopic (exact) mass is 262 g/mol. The van der Waals surface area contributed by atoms with Gasteiger partial charge in [-0.25, -0.2) is 0 Å². The summed E-state index contributed by atoms with van der Waals surface area (Å²) >= 11 is 5.98. The zero-order chi connectivity index (χ0) is 13.2. The Morgan fingerprint density at radius 3 is 2.78 bits per heavy atom. The van der Waals surface area contributed by atoms with Crippen LogP contribution in [0, 0.1) is 23.2 Å². The van der Waals surface area contributed by atoms with Crippen LogP contribution in [-0.4, -0.2) is 5.54 Å². The molecule has 0 amide bonds. The van der Waals surface area contributed by atoms with E-state index >= 15 is 0 Å². The lowest BCUT2D eigenvalue weighted by molar-refractivity contribution is 0.226. The van der Waals surface area contributed by atoms with Gasteiger partial charge in [0.1, 0.15) is 5.54 Å². The van der Waals surface area contributed by atoms with Gasteiger partial charge in [-0.3, -0.25) is 0 Å². The molecule has 1 aromatic carbocycles. The van der Waals surface area contributed by atoms with Gasteiger partial charge in [-0.05, 0) is 49.3 Å². The maximum atomic E-state index is 9.53. The van der Waals surface area contributed by atoms with Gasteiger partial charge >= 0.3 is 0 Å². The van der Waals surface area contributed by atoms with Gasteiger partial charge in [0.15, 0.2) is 0 Å². The van der Waals surface area contributed by atoms with Crippen molar-refractivity contribution in [3.8, 4) is 6.07 Å². The highest BCUT2D eigenvalue weighted by Gasteiger charge is 2.37. The number of halogens is 1. The van der Waals surface area contributed by atoms with Crippen LogP contribution in [0.1, 0.15) is 33.1 Å². The highest BCUT2D eigenvalue weighted by molar-refractivity contribution is 6.30. The summed E-state index contributed by atoms with van der Waals surface area (Å²) in [5.41, 5.74) is 0.502. The number of hydrogen-bond acceptors (Lipinski definition) is 2. The maximum Gasteiger partial charge on any atom is 0.125 e. The van der Waals surface area contributed by atoms with Crippen LogP contribution in [0.25, 0.3) is 0 Å². The molecule has 2 nitrogen and oxygen atoms in total. The van der Waals surface area contributed by atoms with Gasteiger partial charge in [0, 0.05) is 10.7 Å². The SMILES string of the molecule is CC1CCC(C#N)(Nc2cccc(Cl)c2)CC1C. The third-order valence-electron chi connectivity index (χ3n) is 4.09. The normalized spacial score (nSPS) is 31.7. The number of nitriles is 1. The molecule has 0 spiro atoms. The Labute approximate surface area is 114 Å². The Hall–Kier alpha value is -1.20. The summed E-state index contributed by atoms with van der Waals surface area (Å²) in [7, 11) is 0. The molecule has 3 heteroatoms. The molecule has 96 valence electrons. The van der Waals surface area contributed by atoms with E-state index in [0.29, 0.717) is 16.9 Å². The molecule has 0 aromatic heterocycles. The highest BCUT2D eigenvalue weighted by atomic mass is 35.5. The molecule has 1 saturated carbocycles. The second-order valence-electron chi connectivity index (χ2n) is 5.53. The Morgan fingerprint density at radius 2 is 2.17 bits per heavy atom. The van der Waals surface area contributed by atoms with Crippen molar-refractivity contribution in [2.45, 2.75) is 38.6 Å². The smallest absolute Gasteiger partial charge is 0.125 e. The summed E-state index contributed by atoms with van der Waals surface area (Å²) in [5.74, 6) is 1.28. The fourth-order valence-corrected chi connectivity index (χ4v) is 2.89. The first-order chi connectivity index (χ1) is 8.54. The van der Waals surface area contributed by atoms with E-state index in [4.69, 9.17) is 11.6 Å². The van der Waals surface area contributed by atoms with E-state index in [2.05, 4.69) is 25.2 Å². The lowest BCUT2D eigenvalue weighted by Gasteiger charge is -2.39. The molecule has 3 atom stereocenters. The Bertz CT molecular complexity index is 466. The second-order valence-corrected chi connectivity index (χ2v) is 5.96. The summed E-state index contributed by atoms with van der Waals surface area (Å²) in [5, 5.41) is 13.6. The molecule has 0 saturated heterocycles. The van der Waals surface area contributed by atoms with Crippen LogP contribution in [0.2, 0.25) is 5.02 Å². The van der Waals surface area contributed by atoms with Crippen molar-refractivity contribution in [1.82, 2.24) is 0 Å². The summed E-state index contributed by atoms with van der Waals surface area (Å²) in [4.78, 5) is 0. The molecule has 18 heavy (non-hydrogen) atoms. The standard InChI is InChI=1S/C15H19ClN2/c1-11-6-7-15(10-17,9-12(11)2)18-14-5-3-4-13(16)8-14/h3-5,8,11-12,18H,6-7,9H2,1-2H3. The molecule has 1 fully saturated rings. The van der Waals surface area contributed by atoms with Crippen molar-refractivity contribution < 1.29 is 0 Å². The van der Waals surface area contributed by atoms with Crippen molar-refractivity contribution in [2.75, 3.05) is 5.32 Å². The van der Waals surface area contributed by atoms with Crippen molar-refractivity contribution in [2.24, 2.45) is 11.8 Å². The fourth-order valence-electron chi connectivity index (χ4n) is 2.70. The van der Waals surface area contributed by atoms with E-state index < -0.39 is 5.54 Å². The lowest BCUT2D eigenvalue weighted by atomic mass is 9.72. The van der Waals surface area contributed by atoms with Crippen molar-refractivity contribution >= 4 is 17.3 Å². The first-order valence-electron chi connectivity index (χ1n) is 6.50. The third kappa shape index (κ3) is 2.79. The largest absolute Gasteiger partial charge is 0.367 e. The highest BCUT2D eigenvalue weighted by Crippen LogP contribution is 2.38. The van der Waals surface area contributed by atoms with Gasteiger partial charge in [-0.15, -0.1) is 0 Å². The third-order valence-corrected chi connectivity index (χ3v) is 4.33. The van der Waals surface area contributed by atoms with Crippen molar-refractivity contribution in [1.29, 1.82) is 5.26 Å². The quantitative estimate of drug-likeness (QED) is 0.854. The predicted octanol–water partition coefficient (Wildman–Crippen LogP) is 4.47. The number of nitrogens with zero attached hydrogens (tertiary/aromatic N) is 1. The van der Waals surface area contributed by atoms with E-state index in [1.165, 1.54) is 0 Å². The summed E-state index contributed by atoms with van der Waals surface area (Å²) in [6, 6.07) is 10.1.